The Morgan fingerprint density at radius 3 is 2.45 bits per heavy atom. The smallest absolute Gasteiger partial charge is 0.331 e. The molecule has 0 saturated carbocycles. The van der Waals surface area contributed by atoms with Gasteiger partial charge in [0.2, 0.25) is 0 Å². The molecule has 0 aliphatic carbocycles. The van der Waals surface area contributed by atoms with Crippen molar-refractivity contribution in [1.82, 2.24) is 4.98 Å². The van der Waals surface area contributed by atoms with Gasteiger partial charge in [0.1, 0.15) is 11.5 Å². The van der Waals surface area contributed by atoms with Crippen LogP contribution in [0.1, 0.15) is 5.69 Å². The summed E-state index contributed by atoms with van der Waals surface area (Å²) in [5.74, 6) is -0.0610. The SMILES string of the molecule is COc1cc(NC(=O)COC(=O)/C=C/c2ccc3ccccc3n2)cc(OC)c1. The van der Waals surface area contributed by atoms with Crippen LogP contribution in [0.5, 0.6) is 11.5 Å². The number of carbonyl (C=O) groups excluding carboxylic acids is 2. The summed E-state index contributed by atoms with van der Waals surface area (Å²) in [5.41, 5.74) is 1.92. The van der Waals surface area contributed by atoms with E-state index in [2.05, 4.69) is 10.3 Å². The van der Waals surface area contributed by atoms with Crippen molar-refractivity contribution < 1.29 is 23.8 Å². The summed E-state index contributed by atoms with van der Waals surface area (Å²) < 4.78 is 15.3. The second kappa shape index (κ2) is 9.36. The Hall–Kier alpha value is -3.87. The Bertz CT molecular complexity index is 1040. The first kappa shape index (κ1) is 19.9. The number of amides is 1. The van der Waals surface area contributed by atoms with Crippen LogP contribution in [0.25, 0.3) is 17.0 Å². The molecule has 1 heterocycles. The number of carbonyl (C=O) groups is 2. The van der Waals surface area contributed by atoms with Crippen LogP contribution in [-0.2, 0) is 14.3 Å². The lowest BCUT2D eigenvalue weighted by Gasteiger charge is -2.09. The number of esters is 1. The van der Waals surface area contributed by atoms with Crippen LogP contribution in [-0.4, -0.2) is 37.7 Å². The highest BCUT2D eigenvalue weighted by Gasteiger charge is 2.08. The van der Waals surface area contributed by atoms with Gasteiger partial charge in [-0.15, -0.1) is 0 Å². The minimum Gasteiger partial charge on any atom is -0.497 e. The van der Waals surface area contributed by atoms with Gasteiger partial charge in [-0.1, -0.05) is 24.3 Å². The zero-order valence-corrected chi connectivity index (χ0v) is 16.0. The predicted molar refractivity (Wildman–Crippen MR) is 110 cm³/mol. The van der Waals surface area contributed by atoms with E-state index in [1.165, 1.54) is 20.3 Å². The number of ether oxygens (including phenoxy) is 3. The zero-order valence-electron chi connectivity index (χ0n) is 16.0. The molecule has 3 rings (SSSR count). The van der Waals surface area contributed by atoms with Crippen molar-refractivity contribution in [2.75, 3.05) is 26.1 Å². The van der Waals surface area contributed by atoms with Crippen LogP contribution >= 0.6 is 0 Å². The molecule has 7 heteroatoms. The van der Waals surface area contributed by atoms with Gasteiger partial charge in [-0.25, -0.2) is 9.78 Å². The summed E-state index contributed by atoms with van der Waals surface area (Å²) in [4.78, 5) is 28.3. The highest BCUT2D eigenvalue weighted by molar-refractivity contribution is 5.95. The maximum Gasteiger partial charge on any atom is 0.331 e. The topological polar surface area (TPSA) is 86.8 Å². The number of para-hydroxylation sites is 1. The Morgan fingerprint density at radius 1 is 1.00 bits per heavy atom. The summed E-state index contributed by atoms with van der Waals surface area (Å²) in [6.07, 6.45) is 2.78. The average molecular weight is 392 g/mol. The highest BCUT2D eigenvalue weighted by Crippen LogP contribution is 2.25. The third-order valence-electron chi connectivity index (χ3n) is 3.99. The summed E-state index contributed by atoms with van der Waals surface area (Å²) in [6, 6.07) is 16.3. The summed E-state index contributed by atoms with van der Waals surface area (Å²) in [5, 5.41) is 3.64. The van der Waals surface area contributed by atoms with Crippen molar-refractivity contribution in [2.45, 2.75) is 0 Å². The van der Waals surface area contributed by atoms with Gasteiger partial charge in [0.25, 0.3) is 5.91 Å². The van der Waals surface area contributed by atoms with Gasteiger partial charge >= 0.3 is 5.97 Å². The summed E-state index contributed by atoms with van der Waals surface area (Å²) in [6.45, 7) is -0.423. The van der Waals surface area contributed by atoms with Crippen LogP contribution in [0.2, 0.25) is 0 Å². The van der Waals surface area contributed by atoms with E-state index in [0.29, 0.717) is 22.9 Å². The fourth-order valence-corrected chi connectivity index (χ4v) is 2.59. The number of pyridine rings is 1. The van der Waals surface area contributed by atoms with Gasteiger partial charge in [-0.3, -0.25) is 4.79 Å². The van der Waals surface area contributed by atoms with E-state index in [1.54, 1.807) is 30.3 Å². The van der Waals surface area contributed by atoms with E-state index in [4.69, 9.17) is 14.2 Å². The Labute approximate surface area is 167 Å². The maximum absolute atomic E-state index is 12.0. The van der Waals surface area contributed by atoms with Crippen molar-refractivity contribution in [3.63, 3.8) is 0 Å². The predicted octanol–water partition coefficient (Wildman–Crippen LogP) is 3.45. The van der Waals surface area contributed by atoms with Gasteiger partial charge in [0, 0.05) is 35.3 Å². The normalized spacial score (nSPS) is 10.7. The summed E-state index contributed by atoms with van der Waals surface area (Å²) in [7, 11) is 3.03. The number of anilines is 1. The molecule has 2 aromatic carbocycles. The first-order chi connectivity index (χ1) is 14.1. The van der Waals surface area contributed by atoms with Crippen LogP contribution in [0.4, 0.5) is 5.69 Å². The van der Waals surface area contributed by atoms with Crippen LogP contribution in [0.3, 0.4) is 0 Å². The molecule has 0 bridgehead atoms. The molecule has 1 aromatic heterocycles. The molecule has 0 atom stereocenters. The van der Waals surface area contributed by atoms with Gasteiger partial charge in [0.05, 0.1) is 25.4 Å². The van der Waals surface area contributed by atoms with E-state index < -0.39 is 18.5 Å². The molecule has 0 aliphatic rings. The molecule has 0 unspecified atom stereocenters. The van der Waals surface area contributed by atoms with Crippen LogP contribution < -0.4 is 14.8 Å². The lowest BCUT2D eigenvalue weighted by Crippen LogP contribution is -2.20. The van der Waals surface area contributed by atoms with Gasteiger partial charge in [-0.2, -0.15) is 0 Å². The number of rotatable bonds is 7. The molecule has 1 amide bonds. The van der Waals surface area contributed by atoms with Crippen molar-refractivity contribution in [1.29, 1.82) is 0 Å². The molecule has 0 fully saturated rings. The van der Waals surface area contributed by atoms with E-state index in [-0.39, 0.29) is 0 Å². The number of methoxy groups -OCH3 is 2. The molecule has 7 nitrogen and oxygen atoms in total. The first-order valence-electron chi connectivity index (χ1n) is 8.81. The second-order valence-corrected chi connectivity index (χ2v) is 6.02. The molecule has 0 aliphatic heterocycles. The first-order valence-corrected chi connectivity index (χ1v) is 8.81. The minimum atomic E-state index is -0.640. The monoisotopic (exact) mass is 392 g/mol. The largest absolute Gasteiger partial charge is 0.497 e. The van der Waals surface area contributed by atoms with Gasteiger partial charge in [-0.05, 0) is 18.2 Å². The van der Waals surface area contributed by atoms with E-state index in [0.717, 1.165) is 10.9 Å². The van der Waals surface area contributed by atoms with Crippen molar-refractivity contribution in [3.8, 4) is 11.5 Å². The highest BCUT2D eigenvalue weighted by atomic mass is 16.5. The van der Waals surface area contributed by atoms with Gasteiger partial charge in [0.15, 0.2) is 6.61 Å². The standard InChI is InChI=1S/C22H20N2O5/c1-27-18-11-17(12-19(13-18)28-2)24-21(25)14-29-22(26)10-9-16-8-7-15-5-3-4-6-20(15)23-16/h3-13H,14H2,1-2H3,(H,24,25)/b10-9+. The number of nitrogens with one attached hydrogen (secondary N) is 1. The lowest BCUT2D eigenvalue weighted by atomic mass is 10.2. The van der Waals surface area contributed by atoms with Crippen molar-refractivity contribution in [3.05, 3.63) is 66.4 Å². The van der Waals surface area contributed by atoms with E-state index in [1.807, 2.05) is 30.3 Å². The van der Waals surface area contributed by atoms with E-state index >= 15 is 0 Å². The Balaban J connectivity index is 1.54. The quantitative estimate of drug-likeness (QED) is 0.490. The zero-order chi connectivity index (χ0) is 20.6. The molecule has 0 saturated heterocycles. The molecule has 0 radical (unpaired) electrons. The van der Waals surface area contributed by atoms with Crippen LogP contribution in [0.15, 0.2) is 60.7 Å². The number of hydrogen-bond acceptors (Lipinski definition) is 6. The number of aromatic nitrogens is 1. The molecule has 3 aromatic rings. The molecular weight excluding hydrogens is 372 g/mol. The molecule has 148 valence electrons. The number of fused-ring (bicyclic) bond motifs is 1. The number of benzene rings is 2. The summed E-state index contributed by atoms with van der Waals surface area (Å²) >= 11 is 0. The second-order valence-electron chi connectivity index (χ2n) is 6.02. The fourth-order valence-electron chi connectivity index (χ4n) is 2.59. The third-order valence-corrected chi connectivity index (χ3v) is 3.99. The lowest BCUT2D eigenvalue weighted by molar-refractivity contribution is -0.142. The van der Waals surface area contributed by atoms with Crippen LogP contribution in [0, 0.1) is 0 Å². The third kappa shape index (κ3) is 5.55. The minimum absolute atomic E-state index is 0.423. The molecule has 0 spiro atoms. The van der Waals surface area contributed by atoms with E-state index in [9.17, 15) is 9.59 Å². The van der Waals surface area contributed by atoms with Gasteiger partial charge < -0.3 is 19.5 Å². The van der Waals surface area contributed by atoms with Crippen molar-refractivity contribution in [2.24, 2.45) is 0 Å². The maximum atomic E-state index is 12.0. The molecule has 29 heavy (non-hydrogen) atoms. The fraction of sp³-hybridized carbons (Fsp3) is 0.136. The number of nitrogens with zero attached hydrogens (tertiary/aromatic N) is 1. The Morgan fingerprint density at radius 2 is 1.72 bits per heavy atom. The average Bonchev–Trinajstić information content (AvgIpc) is 2.75. The molecule has 1 N–H and O–H groups in total. The number of hydrogen-bond donors (Lipinski definition) is 1. The molecular formula is C22H20N2O5. The van der Waals surface area contributed by atoms with Crippen molar-refractivity contribution >= 4 is 34.5 Å². The Kier molecular flexibility index (Phi) is 6.42.